The molecule has 2 heterocycles. The highest BCUT2D eigenvalue weighted by molar-refractivity contribution is 9.10. The third-order valence-corrected chi connectivity index (χ3v) is 6.15. The van der Waals surface area contributed by atoms with Crippen LogP contribution in [0.3, 0.4) is 0 Å². The Hall–Kier alpha value is -1.69. The summed E-state index contributed by atoms with van der Waals surface area (Å²) in [6.07, 6.45) is 0. The Balaban J connectivity index is 1.60. The van der Waals surface area contributed by atoms with Crippen LogP contribution >= 0.6 is 15.9 Å². The van der Waals surface area contributed by atoms with Gasteiger partial charge in [-0.05, 0) is 17.2 Å². The molecule has 3 atom stereocenters. The zero-order chi connectivity index (χ0) is 17.9. The van der Waals surface area contributed by atoms with E-state index in [0.29, 0.717) is 19.8 Å². The topological polar surface area (TPSA) is 41.6 Å². The molecule has 26 heavy (non-hydrogen) atoms. The molecule has 2 aromatic carbocycles. The summed E-state index contributed by atoms with van der Waals surface area (Å²) in [5.74, 6) is 0.378. The molecule has 0 saturated carbocycles. The Morgan fingerprint density at radius 3 is 2.65 bits per heavy atom. The average molecular weight is 415 g/mol. The van der Waals surface area contributed by atoms with Crippen LogP contribution in [0.1, 0.15) is 23.1 Å². The van der Waals surface area contributed by atoms with Crippen LogP contribution in [0, 0.1) is 5.92 Å². The first-order chi connectivity index (χ1) is 12.8. The minimum Gasteiger partial charge on any atom is -0.377 e. The largest absolute Gasteiger partial charge is 0.377 e. The van der Waals surface area contributed by atoms with Crippen molar-refractivity contribution in [2.24, 2.45) is 5.92 Å². The lowest BCUT2D eigenvalue weighted by atomic mass is 9.87. The van der Waals surface area contributed by atoms with Gasteiger partial charge in [0.15, 0.2) is 0 Å². The van der Waals surface area contributed by atoms with E-state index in [9.17, 15) is 4.79 Å². The maximum absolute atomic E-state index is 13.5. The standard InChI is InChI=1S/C21H23BrN2O2/c22-19-9-5-4-8-16(19)17-12-23-13-18(17)21(25)24-10-11-26-14-20(24)15-6-2-1-3-7-15/h1-9,17-18,20,23H,10-14H2/t17-,18+,20+/m0/s1. The SMILES string of the molecule is O=C([C@@H]1CNC[C@H]1c1ccccc1Br)N1CCOC[C@@H]1c1ccccc1. The van der Waals surface area contributed by atoms with Gasteiger partial charge in [-0.2, -0.15) is 0 Å². The molecular formula is C21H23BrN2O2. The molecule has 2 aliphatic rings. The Kier molecular flexibility index (Phi) is 5.38. The van der Waals surface area contributed by atoms with Gasteiger partial charge in [-0.15, -0.1) is 0 Å². The molecule has 4 rings (SSSR count). The van der Waals surface area contributed by atoms with E-state index in [-0.39, 0.29) is 23.8 Å². The van der Waals surface area contributed by atoms with Crippen molar-refractivity contribution < 1.29 is 9.53 Å². The van der Waals surface area contributed by atoms with E-state index in [1.165, 1.54) is 5.56 Å². The summed E-state index contributed by atoms with van der Waals surface area (Å²) in [6.45, 7) is 3.38. The second-order valence-corrected chi connectivity index (χ2v) is 7.78. The molecule has 0 spiro atoms. The van der Waals surface area contributed by atoms with Crippen molar-refractivity contribution in [3.05, 3.63) is 70.2 Å². The summed E-state index contributed by atoms with van der Waals surface area (Å²) >= 11 is 3.65. The van der Waals surface area contributed by atoms with Crippen LogP contribution in [0.25, 0.3) is 0 Å². The summed E-state index contributed by atoms with van der Waals surface area (Å²) in [7, 11) is 0. The molecule has 1 N–H and O–H groups in total. The number of amides is 1. The van der Waals surface area contributed by atoms with Gasteiger partial charge in [0.1, 0.15) is 0 Å². The van der Waals surface area contributed by atoms with Crippen molar-refractivity contribution in [3.63, 3.8) is 0 Å². The molecule has 0 bridgehead atoms. The van der Waals surface area contributed by atoms with E-state index in [0.717, 1.165) is 23.1 Å². The number of hydrogen-bond donors (Lipinski definition) is 1. The third kappa shape index (κ3) is 3.43. The number of rotatable bonds is 3. The molecule has 2 saturated heterocycles. The van der Waals surface area contributed by atoms with Gasteiger partial charge >= 0.3 is 0 Å². The molecule has 0 aliphatic carbocycles. The molecule has 2 fully saturated rings. The van der Waals surface area contributed by atoms with Crippen LogP contribution in [0.5, 0.6) is 0 Å². The number of nitrogens with one attached hydrogen (secondary N) is 1. The number of morpholine rings is 1. The maximum atomic E-state index is 13.5. The normalized spacial score (nSPS) is 26.0. The summed E-state index contributed by atoms with van der Waals surface area (Å²) in [6, 6.07) is 18.4. The Morgan fingerprint density at radius 2 is 1.85 bits per heavy atom. The van der Waals surface area contributed by atoms with Gasteiger partial charge in [0.2, 0.25) is 5.91 Å². The van der Waals surface area contributed by atoms with Crippen molar-refractivity contribution in [1.29, 1.82) is 0 Å². The lowest BCUT2D eigenvalue weighted by molar-refractivity contribution is -0.144. The molecular weight excluding hydrogens is 392 g/mol. The number of carbonyl (C=O) groups excluding carboxylic acids is 1. The van der Waals surface area contributed by atoms with Gasteiger partial charge < -0.3 is 15.0 Å². The highest BCUT2D eigenvalue weighted by Gasteiger charge is 2.40. The molecule has 2 aliphatic heterocycles. The van der Waals surface area contributed by atoms with Gasteiger partial charge in [0.25, 0.3) is 0 Å². The first-order valence-corrected chi connectivity index (χ1v) is 9.93. The van der Waals surface area contributed by atoms with Crippen LogP contribution < -0.4 is 5.32 Å². The zero-order valence-electron chi connectivity index (χ0n) is 14.6. The van der Waals surface area contributed by atoms with Crippen molar-refractivity contribution in [1.82, 2.24) is 10.2 Å². The van der Waals surface area contributed by atoms with Gasteiger partial charge in [-0.1, -0.05) is 64.5 Å². The van der Waals surface area contributed by atoms with Crippen LogP contribution in [0.15, 0.2) is 59.1 Å². The zero-order valence-corrected chi connectivity index (χ0v) is 16.2. The Labute approximate surface area is 162 Å². The van der Waals surface area contributed by atoms with Crippen molar-refractivity contribution in [3.8, 4) is 0 Å². The minimum absolute atomic E-state index is 0.00193. The average Bonchev–Trinajstić information content (AvgIpc) is 3.18. The van der Waals surface area contributed by atoms with Gasteiger partial charge in [-0.3, -0.25) is 4.79 Å². The molecule has 0 radical (unpaired) electrons. The number of carbonyl (C=O) groups is 1. The number of hydrogen-bond acceptors (Lipinski definition) is 3. The molecule has 4 nitrogen and oxygen atoms in total. The van der Waals surface area contributed by atoms with Crippen LogP contribution in [-0.2, 0) is 9.53 Å². The molecule has 1 amide bonds. The van der Waals surface area contributed by atoms with Crippen LogP contribution in [-0.4, -0.2) is 43.7 Å². The quantitative estimate of drug-likeness (QED) is 0.836. The maximum Gasteiger partial charge on any atom is 0.228 e. The molecule has 0 unspecified atom stereocenters. The minimum atomic E-state index is -0.0435. The fraction of sp³-hybridized carbons (Fsp3) is 0.381. The third-order valence-electron chi connectivity index (χ3n) is 5.43. The van der Waals surface area contributed by atoms with Crippen molar-refractivity contribution >= 4 is 21.8 Å². The Bertz CT molecular complexity index is 768. The monoisotopic (exact) mass is 414 g/mol. The lowest BCUT2D eigenvalue weighted by Gasteiger charge is -2.38. The number of benzene rings is 2. The van der Waals surface area contributed by atoms with E-state index >= 15 is 0 Å². The predicted molar refractivity (Wildman–Crippen MR) is 105 cm³/mol. The van der Waals surface area contributed by atoms with E-state index < -0.39 is 0 Å². The second-order valence-electron chi connectivity index (χ2n) is 6.93. The Morgan fingerprint density at radius 1 is 1.08 bits per heavy atom. The first kappa shape index (κ1) is 17.7. The fourth-order valence-corrected chi connectivity index (χ4v) is 4.65. The van der Waals surface area contributed by atoms with Crippen molar-refractivity contribution in [2.45, 2.75) is 12.0 Å². The number of halogens is 1. The van der Waals surface area contributed by atoms with Gasteiger partial charge in [0.05, 0.1) is 25.2 Å². The van der Waals surface area contributed by atoms with Crippen LogP contribution in [0.2, 0.25) is 0 Å². The van der Waals surface area contributed by atoms with Gasteiger partial charge in [-0.25, -0.2) is 0 Å². The molecule has 136 valence electrons. The molecule has 0 aromatic heterocycles. The highest BCUT2D eigenvalue weighted by atomic mass is 79.9. The smallest absolute Gasteiger partial charge is 0.228 e. The van der Waals surface area contributed by atoms with E-state index in [4.69, 9.17) is 4.74 Å². The first-order valence-electron chi connectivity index (χ1n) is 9.14. The fourth-order valence-electron chi connectivity index (χ4n) is 4.07. The summed E-state index contributed by atoms with van der Waals surface area (Å²) in [5, 5.41) is 3.42. The van der Waals surface area contributed by atoms with Gasteiger partial charge in [0, 0.05) is 30.0 Å². The summed E-state index contributed by atoms with van der Waals surface area (Å²) in [4.78, 5) is 15.5. The molecule has 5 heteroatoms. The predicted octanol–water partition coefficient (Wildman–Crippen LogP) is 3.35. The lowest BCUT2D eigenvalue weighted by Crippen LogP contribution is -2.47. The number of nitrogens with zero attached hydrogens (tertiary/aromatic N) is 1. The summed E-state index contributed by atoms with van der Waals surface area (Å²) in [5.41, 5.74) is 2.35. The highest BCUT2D eigenvalue weighted by Crippen LogP contribution is 2.36. The summed E-state index contributed by atoms with van der Waals surface area (Å²) < 4.78 is 6.77. The molecule has 2 aromatic rings. The van der Waals surface area contributed by atoms with Crippen LogP contribution in [0.4, 0.5) is 0 Å². The number of ether oxygens (including phenoxy) is 1. The van der Waals surface area contributed by atoms with E-state index in [1.807, 2.05) is 35.2 Å². The van der Waals surface area contributed by atoms with E-state index in [1.54, 1.807) is 0 Å². The second kappa shape index (κ2) is 7.91. The van der Waals surface area contributed by atoms with E-state index in [2.05, 4.69) is 45.5 Å². The van der Waals surface area contributed by atoms with Crippen molar-refractivity contribution in [2.75, 3.05) is 32.8 Å².